The van der Waals surface area contributed by atoms with E-state index in [-0.39, 0.29) is 37.7 Å². The van der Waals surface area contributed by atoms with Gasteiger partial charge >= 0.3 is 0 Å². The van der Waals surface area contributed by atoms with Gasteiger partial charge in [-0.05, 0) is 82.9 Å². The van der Waals surface area contributed by atoms with Crippen molar-refractivity contribution in [2.24, 2.45) is 0 Å². The van der Waals surface area contributed by atoms with Crippen LogP contribution in [0, 0.1) is 13.8 Å². The Bertz CT molecular complexity index is 1240. The Hall–Kier alpha value is -2.29. The highest BCUT2D eigenvalue weighted by Crippen LogP contribution is 2.26. The Morgan fingerprint density at radius 1 is 1.05 bits per heavy atom. The highest BCUT2D eigenvalue weighted by Gasteiger charge is 2.29. The molecule has 0 saturated heterocycles. The Balaban J connectivity index is 2.26. The molecular formula is C27H37Cl2N3O4S. The van der Waals surface area contributed by atoms with Crippen LogP contribution >= 0.6 is 23.2 Å². The number of sulfonamides is 1. The number of hydrogen-bond acceptors (Lipinski definition) is 4. The second-order valence-corrected chi connectivity index (χ2v) is 13.2. The van der Waals surface area contributed by atoms with Crippen LogP contribution in [-0.2, 0) is 26.2 Å². The molecule has 2 rings (SSSR count). The van der Waals surface area contributed by atoms with Crippen molar-refractivity contribution in [2.45, 2.75) is 72.5 Å². The highest BCUT2D eigenvalue weighted by molar-refractivity contribution is 7.92. The van der Waals surface area contributed by atoms with Crippen LogP contribution in [0.1, 0.15) is 57.2 Å². The van der Waals surface area contributed by atoms with E-state index in [4.69, 9.17) is 23.2 Å². The number of carbonyl (C=O) groups excluding carboxylic acids is 2. The Morgan fingerprint density at radius 3 is 2.27 bits per heavy atom. The lowest BCUT2D eigenvalue weighted by atomic mass is 10.1. The highest BCUT2D eigenvalue weighted by atomic mass is 35.5. The van der Waals surface area contributed by atoms with Crippen molar-refractivity contribution in [3.8, 4) is 0 Å². The third kappa shape index (κ3) is 9.20. The zero-order valence-corrected chi connectivity index (χ0v) is 24.9. The van der Waals surface area contributed by atoms with Crippen LogP contribution in [0.4, 0.5) is 5.69 Å². The zero-order valence-electron chi connectivity index (χ0n) is 22.6. The average molecular weight is 571 g/mol. The average Bonchev–Trinajstić information content (AvgIpc) is 2.75. The molecule has 1 atom stereocenters. The summed E-state index contributed by atoms with van der Waals surface area (Å²) in [6, 6.07) is 9.85. The van der Waals surface area contributed by atoms with E-state index in [9.17, 15) is 18.0 Å². The molecule has 0 aliphatic rings. The molecule has 10 heteroatoms. The van der Waals surface area contributed by atoms with Gasteiger partial charge in [0.2, 0.25) is 21.8 Å². The first-order valence-corrected chi connectivity index (χ1v) is 14.7. The fourth-order valence-corrected chi connectivity index (χ4v) is 5.34. The summed E-state index contributed by atoms with van der Waals surface area (Å²) in [6.45, 7) is 11.3. The molecule has 2 aromatic carbocycles. The Labute approximate surface area is 231 Å². The van der Waals surface area contributed by atoms with Gasteiger partial charge in [0.15, 0.2) is 0 Å². The first kappa shape index (κ1) is 30.9. The molecule has 0 aliphatic heterocycles. The van der Waals surface area contributed by atoms with Crippen molar-refractivity contribution < 1.29 is 18.0 Å². The maximum atomic E-state index is 13.4. The van der Waals surface area contributed by atoms with Crippen molar-refractivity contribution in [2.75, 3.05) is 17.1 Å². The van der Waals surface area contributed by atoms with Gasteiger partial charge in [0.05, 0.1) is 11.9 Å². The first-order valence-electron chi connectivity index (χ1n) is 12.1. The van der Waals surface area contributed by atoms with E-state index in [0.29, 0.717) is 21.3 Å². The molecule has 0 heterocycles. The molecule has 0 saturated carbocycles. The third-order valence-corrected chi connectivity index (χ3v) is 7.57. The maximum Gasteiger partial charge on any atom is 0.242 e. The van der Waals surface area contributed by atoms with Gasteiger partial charge in [-0.15, -0.1) is 0 Å². The smallest absolute Gasteiger partial charge is 0.242 e. The van der Waals surface area contributed by atoms with E-state index in [0.717, 1.165) is 17.4 Å². The summed E-state index contributed by atoms with van der Waals surface area (Å²) >= 11 is 12.4. The fourth-order valence-electron chi connectivity index (χ4n) is 3.86. The lowest BCUT2D eigenvalue weighted by Gasteiger charge is -2.32. The predicted octanol–water partition coefficient (Wildman–Crippen LogP) is 5.49. The molecule has 0 radical (unpaired) electrons. The molecule has 1 N–H and O–H groups in total. The molecule has 7 nitrogen and oxygen atoms in total. The number of nitrogens with zero attached hydrogens (tertiary/aromatic N) is 2. The standard InChI is InChI=1S/C27H37Cl2N3O4S/c1-18-10-11-19(2)24(15-18)32(37(7,35)36)14-8-9-25(33)31(20(3)26(34)30-27(4,5)6)17-21-12-13-22(28)16-23(21)29/h10-13,15-16,20H,8-9,14,17H2,1-7H3,(H,30,34)/t20-/m0/s1. The summed E-state index contributed by atoms with van der Waals surface area (Å²) in [5.41, 5.74) is 2.55. The van der Waals surface area contributed by atoms with E-state index in [1.54, 1.807) is 25.1 Å². The van der Waals surface area contributed by atoms with Crippen LogP contribution in [0.2, 0.25) is 10.0 Å². The molecular weight excluding hydrogens is 533 g/mol. The van der Waals surface area contributed by atoms with Crippen molar-refractivity contribution in [1.29, 1.82) is 0 Å². The van der Waals surface area contributed by atoms with Gasteiger partial charge in [-0.2, -0.15) is 0 Å². The fraction of sp³-hybridized carbons (Fsp3) is 0.481. The topological polar surface area (TPSA) is 86.8 Å². The molecule has 0 aromatic heterocycles. The number of aryl methyl sites for hydroxylation is 2. The molecule has 0 aliphatic carbocycles. The van der Waals surface area contributed by atoms with Crippen molar-refractivity contribution in [3.63, 3.8) is 0 Å². The number of benzene rings is 2. The molecule has 204 valence electrons. The van der Waals surface area contributed by atoms with Gasteiger partial charge in [-0.1, -0.05) is 41.4 Å². The van der Waals surface area contributed by atoms with Gasteiger partial charge in [0.25, 0.3) is 0 Å². The van der Waals surface area contributed by atoms with E-state index in [1.807, 2.05) is 52.8 Å². The number of carbonyl (C=O) groups is 2. The third-order valence-electron chi connectivity index (χ3n) is 5.81. The van der Waals surface area contributed by atoms with Gasteiger partial charge < -0.3 is 10.2 Å². The van der Waals surface area contributed by atoms with Gasteiger partial charge in [-0.25, -0.2) is 8.42 Å². The quantitative estimate of drug-likeness (QED) is 0.410. The largest absolute Gasteiger partial charge is 0.350 e. The van der Waals surface area contributed by atoms with E-state index >= 15 is 0 Å². The summed E-state index contributed by atoms with van der Waals surface area (Å²) < 4.78 is 26.5. The number of hydrogen-bond donors (Lipinski definition) is 1. The monoisotopic (exact) mass is 569 g/mol. The molecule has 2 amide bonds. The zero-order chi connectivity index (χ0) is 28.1. The van der Waals surface area contributed by atoms with Crippen LogP contribution < -0.4 is 9.62 Å². The second kappa shape index (κ2) is 12.5. The minimum Gasteiger partial charge on any atom is -0.350 e. The Morgan fingerprint density at radius 2 is 1.70 bits per heavy atom. The molecule has 0 bridgehead atoms. The number of nitrogens with one attached hydrogen (secondary N) is 1. The van der Waals surface area contributed by atoms with Gasteiger partial charge in [0, 0.05) is 35.1 Å². The van der Waals surface area contributed by atoms with E-state index < -0.39 is 21.6 Å². The molecule has 2 aromatic rings. The predicted molar refractivity (Wildman–Crippen MR) is 152 cm³/mol. The van der Waals surface area contributed by atoms with E-state index in [1.165, 1.54) is 9.21 Å². The number of amides is 2. The number of rotatable bonds is 10. The minimum atomic E-state index is -3.57. The lowest BCUT2D eigenvalue weighted by molar-refractivity contribution is -0.141. The maximum absolute atomic E-state index is 13.4. The summed E-state index contributed by atoms with van der Waals surface area (Å²) in [5.74, 6) is -0.573. The first-order chi connectivity index (χ1) is 17.0. The van der Waals surface area contributed by atoms with E-state index in [2.05, 4.69) is 5.32 Å². The molecule has 37 heavy (non-hydrogen) atoms. The summed E-state index contributed by atoms with van der Waals surface area (Å²) in [4.78, 5) is 27.9. The summed E-state index contributed by atoms with van der Waals surface area (Å²) in [7, 11) is -3.57. The molecule has 0 unspecified atom stereocenters. The summed E-state index contributed by atoms with van der Waals surface area (Å²) in [6.07, 6.45) is 1.48. The van der Waals surface area contributed by atoms with Crippen molar-refractivity contribution in [1.82, 2.24) is 10.2 Å². The molecule has 0 fully saturated rings. The van der Waals surface area contributed by atoms with Crippen LogP contribution in [-0.4, -0.2) is 49.5 Å². The van der Waals surface area contributed by atoms with Gasteiger partial charge in [0.1, 0.15) is 6.04 Å². The normalized spacial score (nSPS) is 12.7. The second-order valence-electron chi connectivity index (χ2n) is 10.4. The van der Waals surface area contributed by atoms with Gasteiger partial charge in [-0.3, -0.25) is 13.9 Å². The molecule has 0 spiro atoms. The van der Waals surface area contributed by atoms with Crippen LogP contribution in [0.25, 0.3) is 0 Å². The SMILES string of the molecule is Cc1ccc(C)c(N(CCCC(=O)N(Cc2ccc(Cl)cc2Cl)[C@@H](C)C(=O)NC(C)(C)C)S(C)(=O)=O)c1. The van der Waals surface area contributed by atoms with Crippen LogP contribution in [0.5, 0.6) is 0 Å². The number of anilines is 1. The van der Waals surface area contributed by atoms with Crippen molar-refractivity contribution in [3.05, 3.63) is 63.1 Å². The van der Waals surface area contributed by atoms with Crippen LogP contribution in [0.15, 0.2) is 36.4 Å². The minimum absolute atomic E-state index is 0.0508. The number of halogens is 2. The summed E-state index contributed by atoms with van der Waals surface area (Å²) in [5, 5.41) is 3.78. The van der Waals surface area contributed by atoms with Crippen LogP contribution in [0.3, 0.4) is 0 Å². The lowest BCUT2D eigenvalue weighted by Crippen LogP contribution is -2.52. The Kier molecular flexibility index (Phi) is 10.5. The van der Waals surface area contributed by atoms with Crippen molar-refractivity contribution >= 4 is 50.7 Å².